The second-order valence-electron chi connectivity index (χ2n) is 8.80. The first-order valence-corrected chi connectivity index (χ1v) is 13.1. The van der Waals surface area contributed by atoms with Crippen molar-refractivity contribution in [2.24, 2.45) is 0 Å². The molecule has 4 rings (SSSR count). The first-order chi connectivity index (χ1) is 16.2. The van der Waals surface area contributed by atoms with Gasteiger partial charge in [0.25, 0.3) is 5.56 Å². The lowest BCUT2D eigenvalue weighted by Gasteiger charge is -2.16. The Balaban J connectivity index is 1.71. The molecule has 3 aromatic rings. The molecule has 3 heterocycles. The minimum atomic E-state index is -0.460. The van der Waals surface area contributed by atoms with Gasteiger partial charge < -0.3 is 15.0 Å². The molecule has 10 heteroatoms. The van der Waals surface area contributed by atoms with E-state index in [9.17, 15) is 14.4 Å². The van der Waals surface area contributed by atoms with E-state index >= 15 is 0 Å². The summed E-state index contributed by atoms with van der Waals surface area (Å²) in [6, 6.07) is 0. The number of carbonyl (C=O) groups is 2. The number of nitrogens with zero attached hydrogens (tertiary/aromatic N) is 3. The molecule has 0 atom stereocenters. The molecule has 0 bridgehead atoms. The fraction of sp³-hybridized carbons (Fsp3) is 0.500. The minimum absolute atomic E-state index is 0.166. The van der Waals surface area contributed by atoms with Crippen molar-refractivity contribution in [3.05, 3.63) is 42.6 Å². The number of hydrogen-bond donors (Lipinski definition) is 1. The van der Waals surface area contributed by atoms with Crippen LogP contribution < -0.4 is 10.9 Å². The fourth-order valence-corrected chi connectivity index (χ4v) is 6.66. The van der Waals surface area contributed by atoms with Crippen molar-refractivity contribution in [2.45, 2.75) is 59.5 Å². The number of thiophene rings is 2. The second kappa shape index (κ2) is 9.97. The first-order valence-electron chi connectivity index (χ1n) is 11.5. The van der Waals surface area contributed by atoms with Gasteiger partial charge in [0.15, 0.2) is 0 Å². The molecule has 8 nitrogen and oxygen atoms in total. The quantitative estimate of drug-likeness (QED) is 0.493. The van der Waals surface area contributed by atoms with E-state index in [-0.39, 0.29) is 24.6 Å². The van der Waals surface area contributed by atoms with Crippen molar-refractivity contribution >= 4 is 49.8 Å². The third-order valence-corrected chi connectivity index (χ3v) is 8.34. The van der Waals surface area contributed by atoms with Gasteiger partial charge in [-0.3, -0.25) is 14.2 Å². The number of fused-ring (bicyclic) bond motifs is 3. The molecule has 3 aromatic heterocycles. The molecule has 0 aliphatic heterocycles. The predicted octanol–water partition coefficient (Wildman–Crippen LogP) is 3.89. The third kappa shape index (κ3) is 4.67. The van der Waals surface area contributed by atoms with Crippen molar-refractivity contribution in [3.63, 3.8) is 0 Å². The predicted molar refractivity (Wildman–Crippen MR) is 136 cm³/mol. The van der Waals surface area contributed by atoms with Crippen LogP contribution in [-0.4, -0.2) is 47.0 Å². The number of esters is 1. The van der Waals surface area contributed by atoms with Crippen molar-refractivity contribution < 1.29 is 14.3 Å². The highest BCUT2D eigenvalue weighted by molar-refractivity contribution is 7.18. The highest BCUT2D eigenvalue weighted by Crippen LogP contribution is 2.35. The van der Waals surface area contributed by atoms with Gasteiger partial charge in [-0.15, -0.1) is 22.7 Å². The lowest BCUT2D eigenvalue weighted by Crippen LogP contribution is -2.33. The molecule has 1 amide bonds. The highest BCUT2D eigenvalue weighted by Gasteiger charge is 2.25. The molecule has 0 aromatic carbocycles. The van der Waals surface area contributed by atoms with E-state index in [0.717, 1.165) is 46.5 Å². The normalized spacial score (nSPS) is 13.4. The van der Waals surface area contributed by atoms with E-state index in [2.05, 4.69) is 5.32 Å². The van der Waals surface area contributed by atoms with Gasteiger partial charge in [-0.05, 0) is 71.7 Å². The van der Waals surface area contributed by atoms with Crippen molar-refractivity contribution in [3.8, 4) is 0 Å². The summed E-state index contributed by atoms with van der Waals surface area (Å²) in [5, 5.41) is 3.96. The topological polar surface area (TPSA) is 93.5 Å². The Kier molecular flexibility index (Phi) is 7.20. The third-order valence-electron chi connectivity index (χ3n) is 6.03. The summed E-state index contributed by atoms with van der Waals surface area (Å²) in [4.78, 5) is 48.9. The molecule has 34 heavy (non-hydrogen) atoms. The number of carbonyl (C=O) groups excluding carboxylic acids is 2. The number of hydrogen-bond acceptors (Lipinski definition) is 8. The Hall–Kier alpha value is -2.56. The number of rotatable bonds is 7. The fourth-order valence-electron chi connectivity index (χ4n) is 4.32. The number of aryl methyl sites for hydroxylation is 3. The molecule has 0 radical (unpaired) electrons. The van der Waals surface area contributed by atoms with Gasteiger partial charge in [0.1, 0.15) is 22.2 Å². The van der Waals surface area contributed by atoms with Crippen LogP contribution in [0.25, 0.3) is 10.2 Å². The SMILES string of the molecule is CCOC(=O)c1c(NC(=O)Cn2c(CN(C)C)nc3sc4c(c3c2=O)CCCC4)sc(C)c1C. The number of amides is 1. The average molecular weight is 503 g/mol. The van der Waals surface area contributed by atoms with Crippen LogP contribution in [0.2, 0.25) is 0 Å². The molecule has 0 unspecified atom stereocenters. The first kappa shape index (κ1) is 24.6. The molecule has 1 aliphatic rings. The summed E-state index contributed by atoms with van der Waals surface area (Å²) in [7, 11) is 3.81. The van der Waals surface area contributed by atoms with Gasteiger partial charge in [-0.2, -0.15) is 0 Å². The average Bonchev–Trinajstić information content (AvgIpc) is 3.27. The zero-order valence-corrected chi connectivity index (χ0v) is 21.9. The van der Waals surface area contributed by atoms with Crippen LogP contribution in [0.4, 0.5) is 5.00 Å². The molecule has 182 valence electrons. The van der Waals surface area contributed by atoms with Gasteiger partial charge in [0.05, 0.1) is 24.1 Å². The van der Waals surface area contributed by atoms with Gasteiger partial charge in [-0.25, -0.2) is 9.78 Å². The summed E-state index contributed by atoms with van der Waals surface area (Å²) in [6.07, 6.45) is 4.05. The zero-order chi connectivity index (χ0) is 24.6. The monoisotopic (exact) mass is 502 g/mol. The Morgan fingerprint density at radius 1 is 1.18 bits per heavy atom. The molecular weight excluding hydrogens is 472 g/mol. The number of aromatic nitrogens is 2. The maximum Gasteiger partial charge on any atom is 0.341 e. The zero-order valence-electron chi connectivity index (χ0n) is 20.2. The van der Waals surface area contributed by atoms with Crippen LogP contribution >= 0.6 is 22.7 Å². The minimum Gasteiger partial charge on any atom is -0.462 e. The summed E-state index contributed by atoms with van der Waals surface area (Å²) in [5.74, 6) is -0.280. The van der Waals surface area contributed by atoms with Crippen molar-refractivity contribution in [2.75, 3.05) is 26.0 Å². The Morgan fingerprint density at radius 3 is 2.62 bits per heavy atom. The van der Waals surface area contributed by atoms with Gasteiger partial charge in [-0.1, -0.05) is 0 Å². The molecule has 1 N–H and O–H groups in total. The van der Waals surface area contributed by atoms with E-state index in [4.69, 9.17) is 9.72 Å². The summed E-state index contributed by atoms with van der Waals surface area (Å²) in [6.45, 7) is 6.00. The molecule has 0 fully saturated rings. The van der Waals surface area contributed by atoms with Crippen LogP contribution in [-0.2, 0) is 35.5 Å². The van der Waals surface area contributed by atoms with Crippen LogP contribution in [0.1, 0.15) is 56.8 Å². The largest absolute Gasteiger partial charge is 0.462 e. The van der Waals surface area contributed by atoms with Crippen LogP contribution in [0, 0.1) is 13.8 Å². The number of ether oxygens (including phenoxy) is 1. The Bertz CT molecular complexity index is 1320. The van der Waals surface area contributed by atoms with Gasteiger partial charge in [0.2, 0.25) is 5.91 Å². The lowest BCUT2D eigenvalue weighted by atomic mass is 9.97. The van der Waals surface area contributed by atoms with Crippen molar-refractivity contribution in [1.82, 2.24) is 14.5 Å². The highest BCUT2D eigenvalue weighted by atomic mass is 32.1. The summed E-state index contributed by atoms with van der Waals surface area (Å²) < 4.78 is 6.67. The van der Waals surface area contributed by atoms with E-state index in [1.807, 2.05) is 32.8 Å². The van der Waals surface area contributed by atoms with Crippen molar-refractivity contribution in [1.29, 1.82) is 0 Å². The summed E-state index contributed by atoms with van der Waals surface area (Å²) in [5.41, 5.74) is 2.10. The molecule has 0 saturated carbocycles. The molecule has 0 saturated heterocycles. The molecular formula is C24H30N4O4S2. The van der Waals surface area contributed by atoms with E-state index in [1.54, 1.807) is 18.3 Å². The maximum atomic E-state index is 13.6. The molecule has 1 aliphatic carbocycles. The van der Waals surface area contributed by atoms with Gasteiger partial charge in [0, 0.05) is 9.75 Å². The summed E-state index contributed by atoms with van der Waals surface area (Å²) >= 11 is 2.94. The number of nitrogens with one attached hydrogen (secondary N) is 1. The smallest absolute Gasteiger partial charge is 0.341 e. The van der Waals surface area contributed by atoms with E-state index in [1.165, 1.54) is 20.8 Å². The number of anilines is 1. The molecule has 0 spiro atoms. The maximum absolute atomic E-state index is 13.6. The van der Waals surface area contributed by atoms with Crippen LogP contribution in [0.5, 0.6) is 0 Å². The Morgan fingerprint density at radius 2 is 1.91 bits per heavy atom. The van der Waals surface area contributed by atoms with E-state index < -0.39 is 5.97 Å². The standard InChI is InChI=1S/C24H30N4O4S2/c1-6-32-24(31)19-13(2)14(3)33-21(19)26-18(29)12-28-17(11-27(4)5)25-22-20(23(28)30)15-9-7-8-10-16(15)34-22/h6-12H2,1-5H3,(H,26,29). The Labute approximate surface area is 206 Å². The van der Waals surface area contributed by atoms with Crippen LogP contribution in [0.3, 0.4) is 0 Å². The van der Waals surface area contributed by atoms with E-state index in [0.29, 0.717) is 28.3 Å². The van der Waals surface area contributed by atoms with Crippen LogP contribution in [0.15, 0.2) is 4.79 Å². The lowest BCUT2D eigenvalue weighted by molar-refractivity contribution is -0.116. The van der Waals surface area contributed by atoms with Gasteiger partial charge >= 0.3 is 5.97 Å². The second-order valence-corrected chi connectivity index (χ2v) is 11.1.